The number of pyridine rings is 1. The highest BCUT2D eigenvalue weighted by molar-refractivity contribution is 5.76. The van der Waals surface area contributed by atoms with Crippen LogP contribution >= 0.6 is 0 Å². The summed E-state index contributed by atoms with van der Waals surface area (Å²) in [5.41, 5.74) is 1.03. The van der Waals surface area contributed by atoms with Gasteiger partial charge in [0, 0.05) is 39.9 Å². The van der Waals surface area contributed by atoms with Crippen LogP contribution in [0.4, 0.5) is 0 Å². The largest absolute Gasteiger partial charge is 0.377 e. The molecular formula is C15H23N3O3. The van der Waals surface area contributed by atoms with Gasteiger partial charge in [0.15, 0.2) is 0 Å². The number of hydrogen-bond acceptors (Lipinski definition) is 5. The van der Waals surface area contributed by atoms with E-state index in [2.05, 4.69) is 9.88 Å². The fraction of sp³-hybridized carbons (Fsp3) is 0.600. The summed E-state index contributed by atoms with van der Waals surface area (Å²) < 4.78 is 11.2. The molecule has 0 saturated carbocycles. The molecule has 2 heterocycles. The smallest absolute Gasteiger partial charge is 0.248 e. The molecule has 0 bridgehead atoms. The van der Waals surface area contributed by atoms with E-state index in [-0.39, 0.29) is 18.6 Å². The second-order valence-corrected chi connectivity index (χ2v) is 5.35. The van der Waals surface area contributed by atoms with Crippen molar-refractivity contribution in [1.82, 2.24) is 14.8 Å². The maximum atomic E-state index is 11.6. The Morgan fingerprint density at radius 2 is 2.38 bits per heavy atom. The minimum Gasteiger partial charge on any atom is -0.377 e. The van der Waals surface area contributed by atoms with Crippen LogP contribution in [0.5, 0.6) is 0 Å². The standard InChI is InChI=1S/C15H23N3O3/c1-17(2)15(19)12-21-14-10-18(7-8-20-11-14)9-13-5-3-4-6-16-13/h3-6,14H,7-12H2,1-2H3/t14-/m1/s1. The molecule has 1 amide bonds. The van der Waals surface area contributed by atoms with Gasteiger partial charge in [0.25, 0.3) is 0 Å². The SMILES string of the molecule is CN(C)C(=O)CO[C@H]1COCCN(Cc2ccccn2)C1. The second kappa shape index (κ2) is 8.07. The Labute approximate surface area is 125 Å². The molecule has 0 radical (unpaired) electrons. The molecular weight excluding hydrogens is 270 g/mol. The summed E-state index contributed by atoms with van der Waals surface area (Å²) in [6, 6.07) is 5.91. The van der Waals surface area contributed by atoms with Gasteiger partial charge in [-0.1, -0.05) is 6.07 Å². The van der Waals surface area contributed by atoms with E-state index in [9.17, 15) is 4.79 Å². The Bertz CT molecular complexity index is 439. The Morgan fingerprint density at radius 3 is 3.10 bits per heavy atom. The van der Waals surface area contributed by atoms with E-state index < -0.39 is 0 Å². The second-order valence-electron chi connectivity index (χ2n) is 5.35. The molecule has 1 saturated heterocycles. The minimum atomic E-state index is -0.0832. The summed E-state index contributed by atoms with van der Waals surface area (Å²) in [5.74, 6) is -0.0319. The molecule has 0 aromatic carbocycles. The maximum absolute atomic E-state index is 11.6. The molecule has 0 unspecified atom stereocenters. The number of carbonyl (C=O) groups is 1. The molecule has 2 rings (SSSR count). The van der Waals surface area contributed by atoms with E-state index in [0.29, 0.717) is 13.2 Å². The van der Waals surface area contributed by atoms with Crippen molar-refractivity contribution in [2.45, 2.75) is 12.6 Å². The first-order valence-corrected chi connectivity index (χ1v) is 7.17. The molecule has 0 N–H and O–H groups in total. The van der Waals surface area contributed by atoms with Crippen molar-refractivity contribution in [2.75, 3.05) is 47.0 Å². The zero-order chi connectivity index (χ0) is 15.1. The molecule has 6 nitrogen and oxygen atoms in total. The number of nitrogens with zero attached hydrogens (tertiary/aromatic N) is 3. The molecule has 0 spiro atoms. The van der Waals surface area contributed by atoms with Crippen molar-refractivity contribution < 1.29 is 14.3 Å². The number of likely N-dealkylation sites (N-methyl/N-ethyl adjacent to an activating group) is 1. The Balaban J connectivity index is 1.84. The first-order chi connectivity index (χ1) is 10.1. The summed E-state index contributed by atoms with van der Waals surface area (Å²) in [5, 5.41) is 0. The van der Waals surface area contributed by atoms with Gasteiger partial charge in [-0.3, -0.25) is 14.7 Å². The molecule has 6 heteroatoms. The highest BCUT2D eigenvalue weighted by Crippen LogP contribution is 2.08. The van der Waals surface area contributed by atoms with E-state index in [1.54, 1.807) is 20.3 Å². The molecule has 21 heavy (non-hydrogen) atoms. The van der Waals surface area contributed by atoms with Gasteiger partial charge >= 0.3 is 0 Å². The molecule has 1 aromatic heterocycles. The van der Waals surface area contributed by atoms with Gasteiger partial charge in [0.2, 0.25) is 5.91 Å². The third kappa shape index (κ3) is 5.41. The molecule has 1 fully saturated rings. The van der Waals surface area contributed by atoms with Crippen LogP contribution in [0.15, 0.2) is 24.4 Å². The van der Waals surface area contributed by atoms with Crippen molar-refractivity contribution in [2.24, 2.45) is 0 Å². The summed E-state index contributed by atoms with van der Waals surface area (Å²) in [6.45, 7) is 3.66. The van der Waals surface area contributed by atoms with E-state index in [0.717, 1.165) is 25.3 Å². The number of amides is 1. The third-order valence-electron chi connectivity index (χ3n) is 3.37. The molecule has 0 aliphatic carbocycles. The summed E-state index contributed by atoms with van der Waals surface area (Å²) >= 11 is 0. The van der Waals surface area contributed by atoms with Crippen molar-refractivity contribution in [1.29, 1.82) is 0 Å². The monoisotopic (exact) mass is 293 g/mol. The minimum absolute atomic E-state index is 0.0319. The van der Waals surface area contributed by atoms with Crippen LogP contribution in [0, 0.1) is 0 Å². The zero-order valence-corrected chi connectivity index (χ0v) is 12.7. The van der Waals surface area contributed by atoms with Crippen molar-refractivity contribution in [3.63, 3.8) is 0 Å². The number of hydrogen-bond donors (Lipinski definition) is 0. The lowest BCUT2D eigenvalue weighted by Gasteiger charge is -2.23. The van der Waals surface area contributed by atoms with Crippen molar-refractivity contribution in [3.05, 3.63) is 30.1 Å². The fourth-order valence-electron chi connectivity index (χ4n) is 2.12. The average Bonchev–Trinajstić information content (AvgIpc) is 2.71. The number of ether oxygens (including phenoxy) is 2. The lowest BCUT2D eigenvalue weighted by Crippen LogP contribution is -2.36. The van der Waals surface area contributed by atoms with Crippen LogP contribution in [0.2, 0.25) is 0 Å². The van der Waals surface area contributed by atoms with Crippen molar-refractivity contribution in [3.8, 4) is 0 Å². The molecule has 1 atom stereocenters. The normalized spacial score (nSPS) is 20.0. The van der Waals surface area contributed by atoms with E-state index in [1.807, 2.05) is 18.2 Å². The number of aromatic nitrogens is 1. The fourth-order valence-corrected chi connectivity index (χ4v) is 2.12. The van der Waals surface area contributed by atoms with Crippen LogP contribution in [-0.2, 0) is 20.8 Å². The molecule has 1 aliphatic rings. The van der Waals surface area contributed by atoms with Crippen LogP contribution < -0.4 is 0 Å². The predicted octanol–water partition coefficient (Wildman–Crippen LogP) is 0.387. The van der Waals surface area contributed by atoms with E-state index in [4.69, 9.17) is 9.47 Å². The quantitative estimate of drug-likeness (QED) is 0.786. The zero-order valence-electron chi connectivity index (χ0n) is 12.7. The first-order valence-electron chi connectivity index (χ1n) is 7.17. The molecule has 1 aromatic rings. The van der Waals surface area contributed by atoms with Crippen LogP contribution in [0.3, 0.4) is 0 Å². The van der Waals surface area contributed by atoms with Crippen LogP contribution in [-0.4, -0.2) is 73.8 Å². The third-order valence-corrected chi connectivity index (χ3v) is 3.37. The highest BCUT2D eigenvalue weighted by atomic mass is 16.5. The Kier molecular flexibility index (Phi) is 6.10. The summed E-state index contributed by atoms with van der Waals surface area (Å²) in [6.07, 6.45) is 1.72. The molecule has 1 aliphatic heterocycles. The highest BCUT2D eigenvalue weighted by Gasteiger charge is 2.20. The first kappa shape index (κ1) is 15.9. The van der Waals surface area contributed by atoms with Gasteiger partial charge in [-0.25, -0.2) is 0 Å². The number of carbonyl (C=O) groups excluding carboxylic acids is 1. The van der Waals surface area contributed by atoms with Crippen LogP contribution in [0.1, 0.15) is 5.69 Å². The van der Waals surface area contributed by atoms with E-state index >= 15 is 0 Å². The van der Waals surface area contributed by atoms with Crippen LogP contribution in [0.25, 0.3) is 0 Å². The summed E-state index contributed by atoms with van der Waals surface area (Å²) in [7, 11) is 3.45. The number of rotatable bonds is 5. The lowest BCUT2D eigenvalue weighted by atomic mass is 10.3. The topological polar surface area (TPSA) is 54.9 Å². The van der Waals surface area contributed by atoms with Gasteiger partial charge in [-0.15, -0.1) is 0 Å². The van der Waals surface area contributed by atoms with Gasteiger partial charge < -0.3 is 14.4 Å². The van der Waals surface area contributed by atoms with Gasteiger partial charge in [0.05, 0.1) is 25.0 Å². The lowest BCUT2D eigenvalue weighted by molar-refractivity contribution is -0.136. The van der Waals surface area contributed by atoms with Gasteiger partial charge in [-0.05, 0) is 12.1 Å². The maximum Gasteiger partial charge on any atom is 0.248 e. The predicted molar refractivity (Wildman–Crippen MR) is 78.8 cm³/mol. The van der Waals surface area contributed by atoms with Crippen molar-refractivity contribution >= 4 is 5.91 Å². The van der Waals surface area contributed by atoms with Gasteiger partial charge in [-0.2, -0.15) is 0 Å². The molecule has 116 valence electrons. The van der Waals surface area contributed by atoms with E-state index in [1.165, 1.54) is 4.90 Å². The Hall–Kier alpha value is -1.50. The Morgan fingerprint density at radius 1 is 1.52 bits per heavy atom. The van der Waals surface area contributed by atoms with Gasteiger partial charge in [0.1, 0.15) is 6.61 Å². The summed E-state index contributed by atoms with van der Waals surface area (Å²) in [4.78, 5) is 19.7. The average molecular weight is 293 g/mol.